The average molecular weight is 428 g/mol. The van der Waals surface area contributed by atoms with Crippen molar-refractivity contribution in [3.8, 4) is 0 Å². The zero-order valence-electron chi connectivity index (χ0n) is 14.7. The first-order valence-electron chi connectivity index (χ1n) is 8.10. The second-order valence-electron chi connectivity index (χ2n) is 7.02. The quantitative estimate of drug-likeness (QED) is 0.387. The first-order valence-corrected chi connectivity index (χ1v) is 8.10. The van der Waals surface area contributed by atoms with Crippen LogP contribution in [0.15, 0.2) is 12.2 Å². The van der Waals surface area contributed by atoms with Gasteiger partial charge in [-0.3, -0.25) is 0 Å². The standard InChI is InChI=1S/C16H20F8O4/c1-8(2)12(25)28-11-4-9(13(26,6-17)15(19,20)21)3-10(5-11)14(27,7-18)16(22,23)24/h9-11,26-27H,1,3-7H2,2H3. The van der Waals surface area contributed by atoms with E-state index in [1.165, 1.54) is 6.92 Å². The van der Waals surface area contributed by atoms with Crippen LogP contribution in [0.4, 0.5) is 35.1 Å². The van der Waals surface area contributed by atoms with Crippen molar-refractivity contribution in [2.24, 2.45) is 11.8 Å². The summed E-state index contributed by atoms with van der Waals surface area (Å²) in [5.41, 5.74) is -8.32. The smallest absolute Gasteiger partial charge is 0.420 e. The first kappa shape index (κ1) is 24.6. The topological polar surface area (TPSA) is 66.8 Å². The molecule has 0 spiro atoms. The minimum atomic E-state index is -5.57. The zero-order chi connectivity index (χ0) is 22.1. The monoisotopic (exact) mass is 428 g/mol. The Hall–Kier alpha value is -1.43. The minimum Gasteiger partial charge on any atom is -0.459 e. The average Bonchev–Trinajstić information content (AvgIpc) is 2.57. The number of hydrogen-bond donors (Lipinski definition) is 2. The summed E-state index contributed by atoms with van der Waals surface area (Å²) < 4.78 is 110. The van der Waals surface area contributed by atoms with Crippen LogP contribution in [0.5, 0.6) is 0 Å². The van der Waals surface area contributed by atoms with Crippen molar-refractivity contribution >= 4 is 5.97 Å². The number of aliphatic hydroxyl groups is 2. The fourth-order valence-electron chi connectivity index (χ4n) is 3.23. The SMILES string of the molecule is C=C(C)C(=O)OC1CC(C(O)(CF)C(F)(F)F)CC(C(O)(CF)C(F)(F)F)C1. The molecule has 0 aromatic rings. The van der Waals surface area contributed by atoms with Crippen molar-refractivity contribution in [3.63, 3.8) is 0 Å². The Balaban J connectivity index is 3.35. The first-order chi connectivity index (χ1) is 12.5. The summed E-state index contributed by atoms with van der Waals surface area (Å²) in [6.45, 7) is -0.378. The molecule has 0 radical (unpaired) electrons. The van der Waals surface area contributed by atoms with Crippen LogP contribution in [0, 0.1) is 11.8 Å². The molecule has 0 aromatic heterocycles. The third-order valence-corrected chi connectivity index (χ3v) is 5.03. The van der Waals surface area contributed by atoms with E-state index >= 15 is 0 Å². The van der Waals surface area contributed by atoms with Gasteiger partial charge < -0.3 is 14.9 Å². The van der Waals surface area contributed by atoms with Gasteiger partial charge in [-0.1, -0.05) is 6.58 Å². The minimum absolute atomic E-state index is 0.216. The Bertz CT molecular complexity index is 554. The number of carbonyl (C=O) groups is 1. The van der Waals surface area contributed by atoms with Crippen molar-refractivity contribution in [1.82, 2.24) is 0 Å². The Labute approximate surface area is 155 Å². The number of ether oxygens (including phenoxy) is 1. The molecule has 0 amide bonds. The number of alkyl halides is 8. The van der Waals surface area contributed by atoms with Gasteiger partial charge in [-0.25, -0.2) is 13.6 Å². The van der Waals surface area contributed by atoms with Crippen LogP contribution in [0.2, 0.25) is 0 Å². The van der Waals surface area contributed by atoms with E-state index in [0.717, 1.165) is 0 Å². The summed E-state index contributed by atoms with van der Waals surface area (Å²) in [5.74, 6) is -5.59. The fraction of sp³-hybridized carbons (Fsp3) is 0.812. The predicted octanol–water partition coefficient (Wildman–Crippen LogP) is 3.42. The Morgan fingerprint density at radius 3 is 1.54 bits per heavy atom. The molecule has 0 saturated heterocycles. The van der Waals surface area contributed by atoms with Gasteiger partial charge in [-0.15, -0.1) is 0 Å². The molecule has 1 aliphatic carbocycles. The lowest BCUT2D eigenvalue weighted by Crippen LogP contribution is -2.60. The summed E-state index contributed by atoms with van der Waals surface area (Å²) in [6, 6.07) is 0. The van der Waals surface area contributed by atoms with Crippen molar-refractivity contribution in [3.05, 3.63) is 12.2 Å². The molecule has 0 aromatic carbocycles. The Kier molecular flexibility index (Phi) is 7.15. The molecular weight excluding hydrogens is 408 g/mol. The van der Waals surface area contributed by atoms with E-state index in [9.17, 15) is 50.1 Å². The van der Waals surface area contributed by atoms with Gasteiger partial charge in [0.2, 0.25) is 0 Å². The van der Waals surface area contributed by atoms with Crippen LogP contribution >= 0.6 is 0 Å². The molecule has 164 valence electrons. The number of hydrogen-bond acceptors (Lipinski definition) is 4. The van der Waals surface area contributed by atoms with Gasteiger partial charge in [0.15, 0.2) is 11.2 Å². The molecule has 4 unspecified atom stereocenters. The van der Waals surface area contributed by atoms with Gasteiger partial charge in [0, 0.05) is 17.4 Å². The van der Waals surface area contributed by atoms with Crippen molar-refractivity contribution < 1.29 is 54.9 Å². The lowest BCUT2D eigenvalue weighted by atomic mass is 9.66. The molecule has 1 rings (SSSR count). The van der Waals surface area contributed by atoms with Gasteiger partial charge in [0.1, 0.15) is 19.5 Å². The maximum absolute atomic E-state index is 13.2. The van der Waals surface area contributed by atoms with Gasteiger partial charge in [-0.2, -0.15) is 26.3 Å². The molecule has 1 aliphatic rings. The van der Waals surface area contributed by atoms with E-state index in [1.54, 1.807) is 0 Å². The summed E-state index contributed by atoms with van der Waals surface area (Å²) in [7, 11) is 0. The van der Waals surface area contributed by atoms with Crippen molar-refractivity contribution in [2.75, 3.05) is 13.3 Å². The third kappa shape index (κ3) is 4.58. The number of esters is 1. The van der Waals surface area contributed by atoms with Crippen LogP contribution in [0.1, 0.15) is 26.2 Å². The van der Waals surface area contributed by atoms with E-state index in [0.29, 0.717) is 0 Å². The largest absolute Gasteiger partial charge is 0.459 e. The number of rotatable bonds is 6. The fourth-order valence-corrected chi connectivity index (χ4v) is 3.23. The molecule has 1 saturated carbocycles. The summed E-state index contributed by atoms with van der Waals surface area (Å²) >= 11 is 0. The summed E-state index contributed by atoms with van der Waals surface area (Å²) in [5, 5.41) is 19.6. The normalized spacial score (nSPS) is 28.2. The maximum Gasteiger partial charge on any atom is 0.420 e. The second kappa shape index (κ2) is 8.13. The molecule has 2 N–H and O–H groups in total. The highest BCUT2D eigenvalue weighted by atomic mass is 19.4. The van der Waals surface area contributed by atoms with E-state index in [4.69, 9.17) is 4.74 Å². The molecule has 12 heteroatoms. The van der Waals surface area contributed by atoms with Crippen LogP contribution in [-0.4, -0.2) is 59.2 Å². The zero-order valence-corrected chi connectivity index (χ0v) is 14.7. The molecular formula is C16H20F8O4. The predicted molar refractivity (Wildman–Crippen MR) is 79.5 cm³/mol. The van der Waals surface area contributed by atoms with Gasteiger partial charge in [0.25, 0.3) is 0 Å². The van der Waals surface area contributed by atoms with E-state index in [1.807, 2.05) is 0 Å². The summed E-state index contributed by atoms with van der Waals surface area (Å²) in [4.78, 5) is 11.6. The molecule has 1 fully saturated rings. The Morgan fingerprint density at radius 1 is 0.929 bits per heavy atom. The van der Waals surface area contributed by atoms with Crippen molar-refractivity contribution in [1.29, 1.82) is 0 Å². The van der Waals surface area contributed by atoms with Crippen molar-refractivity contribution in [2.45, 2.75) is 55.8 Å². The number of carbonyl (C=O) groups excluding carboxylic acids is 1. The van der Waals surface area contributed by atoms with Crippen LogP contribution < -0.4 is 0 Å². The molecule has 4 atom stereocenters. The Morgan fingerprint density at radius 2 is 1.29 bits per heavy atom. The molecule has 0 aliphatic heterocycles. The third-order valence-electron chi connectivity index (χ3n) is 5.03. The number of halogens is 8. The highest BCUT2D eigenvalue weighted by Crippen LogP contribution is 2.50. The van der Waals surface area contributed by atoms with E-state index in [2.05, 4.69) is 6.58 Å². The lowest BCUT2D eigenvalue weighted by molar-refractivity contribution is -0.311. The van der Waals surface area contributed by atoms with E-state index in [-0.39, 0.29) is 5.57 Å². The van der Waals surface area contributed by atoms with Gasteiger partial charge in [-0.05, 0) is 26.2 Å². The molecule has 28 heavy (non-hydrogen) atoms. The van der Waals surface area contributed by atoms with Crippen LogP contribution in [-0.2, 0) is 9.53 Å². The molecule has 0 heterocycles. The maximum atomic E-state index is 13.2. The van der Waals surface area contributed by atoms with Gasteiger partial charge >= 0.3 is 18.3 Å². The van der Waals surface area contributed by atoms with Gasteiger partial charge in [0.05, 0.1) is 0 Å². The highest BCUT2D eigenvalue weighted by molar-refractivity contribution is 5.87. The molecule has 4 nitrogen and oxygen atoms in total. The lowest BCUT2D eigenvalue weighted by Gasteiger charge is -2.46. The van der Waals surface area contributed by atoms with E-state index < -0.39 is 80.1 Å². The van der Waals surface area contributed by atoms with Crippen LogP contribution in [0.3, 0.4) is 0 Å². The molecule has 0 bridgehead atoms. The summed E-state index contributed by atoms with van der Waals surface area (Å²) in [6.07, 6.45) is -15.7. The second-order valence-corrected chi connectivity index (χ2v) is 7.02. The van der Waals surface area contributed by atoms with Crippen LogP contribution in [0.25, 0.3) is 0 Å². The highest BCUT2D eigenvalue weighted by Gasteiger charge is 2.65.